The molecule has 0 unspecified atom stereocenters. The van der Waals surface area contributed by atoms with E-state index in [2.05, 4.69) is 74.5 Å². The molecule has 23 heavy (non-hydrogen) atoms. The average molecular weight is 479 g/mol. The van der Waals surface area contributed by atoms with Crippen LogP contribution in [-0.2, 0) is 34.9 Å². The second kappa shape index (κ2) is 10.2. The molecule has 0 aliphatic carbocycles. The summed E-state index contributed by atoms with van der Waals surface area (Å²) in [5, 5.41) is 0. The fraction of sp³-hybridized carbons (Fsp3) is 0.400. The molecule has 0 amide bonds. The van der Waals surface area contributed by atoms with E-state index in [1.807, 2.05) is 0 Å². The van der Waals surface area contributed by atoms with Crippen molar-refractivity contribution < 1.29 is 26.6 Å². The van der Waals surface area contributed by atoms with Gasteiger partial charge >= 0.3 is 147 Å². The van der Waals surface area contributed by atoms with Crippen molar-refractivity contribution in [2.24, 2.45) is 0 Å². The van der Waals surface area contributed by atoms with Gasteiger partial charge in [0.05, 0.1) is 0 Å². The molecule has 0 spiro atoms. The average Bonchev–Trinajstić information content (AvgIpc) is 2.60. The molecule has 0 aliphatic rings. The molecule has 0 aromatic heterocycles. The van der Waals surface area contributed by atoms with Gasteiger partial charge < -0.3 is 0 Å². The van der Waals surface area contributed by atoms with Gasteiger partial charge in [0.1, 0.15) is 0 Å². The van der Waals surface area contributed by atoms with Crippen LogP contribution in [0.3, 0.4) is 0 Å². The van der Waals surface area contributed by atoms with Crippen LogP contribution in [0.2, 0.25) is 0 Å². The quantitative estimate of drug-likeness (QED) is 0.436. The Labute approximate surface area is 146 Å². The van der Waals surface area contributed by atoms with Crippen molar-refractivity contribution in [3.05, 3.63) is 71.8 Å². The predicted octanol–water partition coefficient (Wildman–Crippen LogP) is 5.22. The van der Waals surface area contributed by atoms with Gasteiger partial charge in [-0.25, -0.2) is 0 Å². The normalized spacial score (nSPS) is 11.6. The van der Waals surface area contributed by atoms with E-state index in [-0.39, 0.29) is 0 Å². The summed E-state index contributed by atoms with van der Waals surface area (Å²) in [6.07, 6.45) is 2.08. The molecule has 2 rings (SSSR count). The van der Waals surface area contributed by atoms with Crippen LogP contribution in [0, 0.1) is 0 Å². The number of benzene rings is 2. The fourth-order valence-electron chi connectivity index (χ4n) is 2.70. The first-order valence-corrected chi connectivity index (χ1v) is 16.6. The van der Waals surface area contributed by atoms with Gasteiger partial charge in [-0.2, -0.15) is 0 Å². The SMILES string of the molecule is CCC[O][Hf]([CH2]c1ccccc1)([CH2]c1ccccc1)[O]CCC. The number of hydrogen-bond acceptors (Lipinski definition) is 2. The van der Waals surface area contributed by atoms with E-state index in [4.69, 9.17) is 5.71 Å². The van der Waals surface area contributed by atoms with Crippen molar-refractivity contribution in [1.29, 1.82) is 0 Å². The summed E-state index contributed by atoms with van der Waals surface area (Å²) in [6, 6.07) is 21.4. The van der Waals surface area contributed by atoms with Crippen LogP contribution in [-0.4, -0.2) is 13.2 Å². The summed E-state index contributed by atoms with van der Waals surface area (Å²) in [4.78, 5) is 0. The summed E-state index contributed by atoms with van der Waals surface area (Å²) in [5.41, 5.74) is 2.69. The molecule has 0 N–H and O–H groups in total. The van der Waals surface area contributed by atoms with Gasteiger partial charge in [0.2, 0.25) is 0 Å². The van der Waals surface area contributed by atoms with E-state index in [1.54, 1.807) is 0 Å². The molecule has 0 saturated carbocycles. The van der Waals surface area contributed by atoms with Crippen LogP contribution < -0.4 is 0 Å². The third-order valence-electron chi connectivity index (χ3n) is 3.77. The van der Waals surface area contributed by atoms with Gasteiger partial charge in [0.25, 0.3) is 0 Å². The van der Waals surface area contributed by atoms with E-state index in [0.29, 0.717) is 0 Å². The van der Waals surface area contributed by atoms with Crippen molar-refractivity contribution in [3.63, 3.8) is 0 Å². The second-order valence-corrected chi connectivity index (χ2v) is 17.1. The van der Waals surface area contributed by atoms with Crippen molar-refractivity contribution in [3.8, 4) is 0 Å². The van der Waals surface area contributed by atoms with E-state index in [9.17, 15) is 0 Å². The van der Waals surface area contributed by atoms with Crippen LogP contribution in [0.5, 0.6) is 0 Å². The zero-order valence-corrected chi connectivity index (χ0v) is 17.9. The molecule has 0 bridgehead atoms. The molecule has 124 valence electrons. The molecule has 0 saturated heterocycles. The molecule has 0 aliphatic heterocycles. The van der Waals surface area contributed by atoms with Crippen LogP contribution in [0.4, 0.5) is 0 Å². The van der Waals surface area contributed by atoms with Gasteiger partial charge in [-0.1, -0.05) is 0 Å². The van der Waals surface area contributed by atoms with E-state index >= 15 is 0 Å². The molecule has 2 aromatic carbocycles. The summed E-state index contributed by atoms with van der Waals surface area (Å²) in [7, 11) is 0. The number of hydrogen-bond donors (Lipinski definition) is 0. The van der Waals surface area contributed by atoms with Crippen molar-refractivity contribution in [1.82, 2.24) is 0 Å². The zero-order valence-electron chi connectivity index (χ0n) is 14.3. The van der Waals surface area contributed by atoms with Gasteiger partial charge in [-0.15, -0.1) is 0 Å². The van der Waals surface area contributed by atoms with Crippen LogP contribution in [0.1, 0.15) is 37.8 Å². The number of rotatable bonds is 10. The van der Waals surface area contributed by atoms with Crippen molar-refractivity contribution in [2.45, 2.75) is 35.0 Å². The van der Waals surface area contributed by atoms with Crippen molar-refractivity contribution >= 4 is 0 Å². The van der Waals surface area contributed by atoms with Gasteiger partial charge in [0.15, 0.2) is 0 Å². The summed E-state index contributed by atoms with van der Waals surface area (Å²) < 4.78 is 15.0. The summed E-state index contributed by atoms with van der Waals surface area (Å²) >= 11 is -3.36. The Hall–Kier alpha value is -0.770. The van der Waals surface area contributed by atoms with Gasteiger partial charge in [-0.05, 0) is 0 Å². The molecule has 0 radical (unpaired) electrons. The zero-order chi connectivity index (χ0) is 16.4. The molecule has 0 atom stereocenters. The molecular formula is C20H28HfO2. The Morgan fingerprint density at radius 2 is 1.04 bits per heavy atom. The molecule has 3 heteroatoms. The Morgan fingerprint density at radius 3 is 1.39 bits per heavy atom. The topological polar surface area (TPSA) is 18.5 Å². The van der Waals surface area contributed by atoms with E-state index < -0.39 is 20.8 Å². The third kappa shape index (κ3) is 6.33. The maximum absolute atomic E-state index is 6.49. The van der Waals surface area contributed by atoms with Crippen LogP contribution >= 0.6 is 0 Å². The van der Waals surface area contributed by atoms with Crippen LogP contribution in [0.25, 0.3) is 0 Å². The Bertz CT molecular complexity index is 491. The fourth-order valence-corrected chi connectivity index (χ4v) is 15.2. The molecule has 0 heterocycles. The Balaban J connectivity index is 2.24. The second-order valence-electron chi connectivity index (χ2n) is 5.93. The first-order valence-electron chi connectivity index (χ1n) is 8.64. The standard InChI is InChI=1S/2C7H7.2C3H7O.Hf/c2*1-7-5-3-2-4-6-7;2*1-2-3-4;/h2*2-6H,1H2;2*2-3H2,1H3;/q;;2*-1;+2. The Morgan fingerprint density at radius 1 is 0.652 bits per heavy atom. The minimum atomic E-state index is -3.36. The van der Waals surface area contributed by atoms with Crippen molar-refractivity contribution in [2.75, 3.05) is 13.2 Å². The monoisotopic (exact) mass is 480 g/mol. The summed E-state index contributed by atoms with van der Waals surface area (Å²) in [5.74, 6) is 0. The first-order chi connectivity index (χ1) is 11.3. The van der Waals surface area contributed by atoms with Gasteiger partial charge in [-0.3, -0.25) is 0 Å². The predicted molar refractivity (Wildman–Crippen MR) is 92.8 cm³/mol. The third-order valence-corrected chi connectivity index (χ3v) is 15.8. The first kappa shape index (κ1) is 18.6. The summed E-state index contributed by atoms with van der Waals surface area (Å²) in [6.45, 7) is 5.96. The molecular weight excluding hydrogens is 451 g/mol. The van der Waals surface area contributed by atoms with Gasteiger partial charge in [0, 0.05) is 0 Å². The molecule has 2 aromatic rings. The molecule has 2 nitrogen and oxygen atoms in total. The van der Waals surface area contributed by atoms with E-state index in [0.717, 1.165) is 34.4 Å². The minimum absolute atomic E-state index is 0.810. The molecule has 0 fully saturated rings. The van der Waals surface area contributed by atoms with Crippen LogP contribution in [0.15, 0.2) is 60.7 Å². The van der Waals surface area contributed by atoms with E-state index in [1.165, 1.54) is 11.1 Å². The Kier molecular flexibility index (Phi) is 8.21. The maximum atomic E-state index is 6.49.